The van der Waals surface area contributed by atoms with Gasteiger partial charge < -0.3 is 15.4 Å². The highest BCUT2D eigenvalue weighted by molar-refractivity contribution is 6.31. The average molecular weight is 372 g/mol. The van der Waals surface area contributed by atoms with Crippen molar-refractivity contribution in [2.45, 2.75) is 0 Å². The van der Waals surface area contributed by atoms with Crippen LogP contribution in [0.4, 0.5) is 21.5 Å². The SMILES string of the molecule is COc1ccc(Nc2ccnc(C(=O)Nc3ccc(F)c(Cl)c3)c2)cc1. The van der Waals surface area contributed by atoms with E-state index < -0.39 is 11.7 Å². The van der Waals surface area contributed by atoms with E-state index in [0.29, 0.717) is 11.4 Å². The highest BCUT2D eigenvalue weighted by atomic mass is 35.5. The number of rotatable bonds is 5. The number of carbonyl (C=O) groups excluding carboxylic acids is 1. The van der Waals surface area contributed by atoms with Gasteiger partial charge in [0.15, 0.2) is 0 Å². The molecule has 0 aliphatic heterocycles. The van der Waals surface area contributed by atoms with E-state index in [-0.39, 0.29) is 10.7 Å². The highest BCUT2D eigenvalue weighted by Crippen LogP contribution is 2.22. The van der Waals surface area contributed by atoms with E-state index in [2.05, 4.69) is 15.6 Å². The Balaban J connectivity index is 1.73. The second-order valence-corrected chi connectivity index (χ2v) is 5.77. The Labute approximate surface area is 154 Å². The van der Waals surface area contributed by atoms with Gasteiger partial charge in [0, 0.05) is 23.3 Å². The van der Waals surface area contributed by atoms with Crippen LogP contribution in [0.3, 0.4) is 0 Å². The third-order valence-electron chi connectivity index (χ3n) is 3.55. The molecule has 0 radical (unpaired) electrons. The molecular formula is C19H15ClFN3O2. The second kappa shape index (κ2) is 7.84. The Hall–Kier alpha value is -3.12. The van der Waals surface area contributed by atoms with Crippen LogP contribution >= 0.6 is 11.6 Å². The van der Waals surface area contributed by atoms with Gasteiger partial charge in [-0.3, -0.25) is 9.78 Å². The molecular weight excluding hydrogens is 357 g/mol. The molecule has 0 saturated carbocycles. The number of methoxy groups -OCH3 is 1. The maximum Gasteiger partial charge on any atom is 0.274 e. The molecule has 0 fully saturated rings. The largest absolute Gasteiger partial charge is 0.497 e. The minimum atomic E-state index is -0.548. The molecule has 7 heteroatoms. The van der Waals surface area contributed by atoms with Crippen molar-refractivity contribution in [3.8, 4) is 5.75 Å². The van der Waals surface area contributed by atoms with Gasteiger partial charge in [-0.1, -0.05) is 11.6 Å². The lowest BCUT2D eigenvalue weighted by molar-refractivity contribution is 0.102. The molecule has 2 aromatic carbocycles. The Morgan fingerprint density at radius 3 is 2.46 bits per heavy atom. The summed E-state index contributed by atoms with van der Waals surface area (Å²) >= 11 is 5.72. The molecule has 0 bridgehead atoms. The number of amides is 1. The van der Waals surface area contributed by atoms with Gasteiger partial charge >= 0.3 is 0 Å². The standard InChI is InChI=1S/C19H15ClFN3O2/c1-26-15-5-2-12(3-6-15)23-14-8-9-22-18(11-14)19(25)24-13-4-7-17(21)16(20)10-13/h2-11H,1H3,(H,22,23)(H,24,25). The summed E-state index contributed by atoms with van der Waals surface area (Å²) in [5, 5.41) is 5.76. The third-order valence-corrected chi connectivity index (χ3v) is 3.84. The van der Waals surface area contributed by atoms with Crippen LogP contribution in [-0.2, 0) is 0 Å². The predicted molar refractivity (Wildman–Crippen MR) is 99.9 cm³/mol. The van der Waals surface area contributed by atoms with E-state index in [1.807, 2.05) is 24.3 Å². The van der Waals surface area contributed by atoms with Gasteiger partial charge in [0.05, 0.1) is 12.1 Å². The summed E-state index contributed by atoms with van der Waals surface area (Å²) in [7, 11) is 1.60. The molecule has 3 aromatic rings. The first-order chi connectivity index (χ1) is 12.5. The number of carbonyl (C=O) groups is 1. The number of nitrogens with one attached hydrogen (secondary N) is 2. The van der Waals surface area contributed by atoms with E-state index >= 15 is 0 Å². The molecule has 2 N–H and O–H groups in total. The summed E-state index contributed by atoms with van der Waals surface area (Å²) in [6.45, 7) is 0. The molecule has 1 amide bonds. The van der Waals surface area contributed by atoms with E-state index in [1.54, 1.807) is 19.2 Å². The minimum Gasteiger partial charge on any atom is -0.497 e. The van der Waals surface area contributed by atoms with Gasteiger partial charge in [-0.25, -0.2) is 4.39 Å². The number of hydrogen-bond donors (Lipinski definition) is 2. The lowest BCUT2D eigenvalue weighted by Gasteiger charge is -2.09. The fraction of sp³-hybridized carbons (Fsp3) is 0.0526. The van der Waals surface area contributed by atoms with Crippen LogP contribution in [0.1, 0.15) is 10.5 Å². The number of halogens is 2. The predicted octanol–water partition coefficient (Wildman–Crippen LogP) is 4.88. The van der Waals surface area contributed by atoms with E-state index in [4.69, 9.17) is 16.3 Å². The summed E-state index contributed by atoms with van der Waals surface area (Å²) in [4.78, 5) is 16.4. The van der Waals surface area contributed by atoms with Crippen molar-refractivity contribution < 1.29 is 13.9 Å². The lowest BCUT2D eigenvalue weighted by atomic mass is 10.2. The van der Waals surface area contributed by atoms with Crippen molar-refractivity contribution in [1.82, 2.24) is 4.98 Å². The first-order valence-electron chi connectivity index (χ1n) is 7.69. The normalized spacial score (nSPS) is 10.3. The van der Waals surface area contributed by atoms with Crippen LogP contribution in [0, 0.1) is 5.82 Å². The van der Waals surface area contributed by atoms with Gasteiger partial charge in [-0.2, -0.15) is 0 Å². The van der Waals surface area contributed by atoms with Crippen LogP contribution in [-0.4, -0.2) is 18.0 Å². The van der Waals surface area contributed by atoms with Crippen molar-refractivity contribution in [2.75, 3.05) is 17.7 Å². The first kappa shape index (κ1) is 17.7. The highest BCUT2D eigenvalue weighted by Gasteiger charge is 2.10. The summed E-state index contributed by atoms with van der Waals surface area (Å²) in [6, 6.07) is 14.7. The number of benzene rings is 2. The fourth-order valence-corrected chi connectivity index (χ4v) is 2.42. The Bertz CT molecular complexity index is 932. The minimum absolute atomic E-state index is 0.0642. The lowest BCUT2D eigenvalue weighted by Crippen LogP contribution is -2.13. The van der Waals surface area contributed by atoms with Crippen molar-refractivity contribution in [3.63, 3.8) is 0 Å². The summed E-state index contributed by atoms with van der Waals surface area (Å²) in [5.41, 5.74) is 2.14. The molecule has 0 spiro atoms. The monoisotopic (exact) mass is 371 g/mol. The van der Waals surface area contributed by atoms with Crippen LogP contribution in [0.2, 0.25) is 5.02 Å². The number of aromatic nitrogens is 1. The molecule has 5 nitrogen and oxygen atoms in total. The molecule has 1 heterocycles. The van der Waals surface area contributed by atoms with Gasteiger partial charge in [0.1, 0.15) is 17.3 Å². The van der Waals surface area contributed by atoms with Crippen LogP contribution in [0.25, 0.3) is 0 Å². The van der Waals surface area contributed by atoms with Gasteiger partial charge in [0.25, 0.3) is 5.91 Å². The molecule has 132 valence electrons. The van der Waals surface area contributed by atoms with Crippen LogP contribution in [0.5, 0.6) is 5.75 Å². The van der Waals surface area contributed by atoms with Crippen LogP contribution in [0.15, 0.2) is 60.8 Å². The Morgan fingerprint density at radius 1 is 1.04 bits per heavy atom. The number of nitrogens with zero attached hydrogens (tertiary/aromatic N) is 1. The van der Waals surface area contributed by atoms with Gasteiger partial charge in [0.2, 0.25) is 0 Å². The Kier molecular flexibility index (Phi) is 5.34. The van der Waals surface area contributed by atoms with Crippen LogP contribution < -0.4 is 15.4 Å². The van der Waals surface area contributed by atoms with E-state index in [0.717, 1.165) is 11.4 Å². The van der Waals surface area contributed by atoms with Crippen molar-refractivity contribution >= 4 is 34.6 Å². The summed E-state index contributed by atoms with van der Waals surface area (Å²) < 4.78 is 18.3. The topological polar surface area (TPSA) is 63.2 Å². The molecule has 0 atom stereocenters. The summed E-state index contributed by atoms with van der Waals surface area (Å²) in [5.74, 6) is -0.220. The van der Waals surface area contributed by atoms with Crippen molar-refractivity contribution in [1.29, 1.82) is 0 Å². The smallest absolute Gasteiger partial charge is 0.274 e. The number of anilines is 3. The number of hydrogen-bond acceptors (Lipinski definition) is 4. The van der Waals surface area contributed by atoms with E-state index in [1.165, 1.54) is 24.4 Å². The number of pyridine rings is 1. The molecule has 0 unspecified atom stereocenters. The first-order valence-corrected chi connectivity index (χ1v) is 8.06. The van der Waals surface area contributed by atoms with Crippen molar-refractivity contribution in [3.05, 3.63) is 77.3 Å². The fourth-order valence-electron chi connectivity index (χ4n) is 2.24. The molecule has 0 aliphatic carbocycles. The van der Waals surface area contributed by atoms with Gasteiger partial charge in [-0.15, -0.1) is 0 Å². The zero-order valence-corrected chi connectivity index (χ0v) is 14.5. The van der Waals surface area contributed by atoms with Crippen molar-refractivity contribution in [2.24, 2.45) is 0 Å². The quantitative estimate of drug-likeness (QED) is 0.671. The average Bonchev–Trinajstić information content (AvgIpc) is 2.65. The maximum atomic E-state index is 13.2. The Morgan fingerprint density at radius 2 is 1.77 bits per heavy atom. The molecule has 26 heavy (non-hydrogen) atoms. The second-order valence-electron chi connectivity index (χ2n) is 5.37. The maximum absolute atomic E-state index is 13.2. The third kappa shape index (κ3) is 4.29. The zero-order chi connectivity index (χ0) is 18.5. The summed E-state index contributed by atoms with van der Waals surface area (Å²) in [6.07, 6.45) is 1.53. The molecule has 1 aromatic heterocycles. The molecule has 0 aliphatic rings. The zero-order valence-electron chi connectivity index (χ0n) is 13.8. The molecule has 0 saturated heterocycles. The molecule has 3 rings (SSSR count). The number of ether oxygens (including phenoxy) is 1. The van der Waals surface area contributed by atoms with Gasteiger partial charge in [-0.05, 0) is 54.6 Å². The van der Waals surface area contributed by atoms with E-state index in [9.17, 15) is 9.18 Å².